The van der Waals surface area contributed by atoms with Gasteiger partial charge in [-0.05, 0) is 54.7 Å². The van der Waals surface area contributed by atoms with Crippen LogP contribution in [0.25, 0.3) is 0 Å². The van der Waals surface area contributed by atoms with Crippen LogP contribution in [0, 0.1) is 5.41 Å². The summed E-state index contributed by atoms with van der Waals surface area (Å²) in [6.07, 6.45) is 6.69. The molecule has 0 radical (unpaired) electrons. The van der Waals surface area contributed by atoms with Crippen LogP contribution in [0.3, 0.4) is 0 Å². The lowest BCUT2D eigenvalue weighted by Crippen LogP contribution is -2.40. The molecular formula is C26H33ClN2O4. The van der Waals surface area contributed by atoms with Gasteiger partial charge < -0.3 is 25.2 Å². The van der Waals surface area contributed by atoms with Crippen LogP contribution in [0.1, 0.15) is 66.1 Å². The van der Waals surface area contributed by atoms with Crippen LogP contribution in [0.4, 0.5) is 0 Å². The number of likely N-dealkylation sites (tertiary alicyclic amines) is 1. The number of ether oxygens (including phenoxy) is 1. The summed E-state index contributed by atoms with van der Waals surface area (Å²) in [5, 5.41) is 23.6. The maximum atomic E-state index is 13.2. The third-order valence-corrected chi connectivity index (χ3v) is 7.53. The van der Waals surface area contributed by atoms with E-state index in [1.54, 1.807) is 12.0 Å². The lowest BCUT2D eigenvalue weighted by molar-refractivity contribution is 0.0688. The third kappa shape index (κ3) is 5.29. The maximum Gasteiger partial charge on any atom is 0.258 e. The maximum absolute atomic E-state index is 13.2. The first-order valence-electron chi connectivity index (χ1n) is 11.7. The lowest BCUT2D eigenvalue weighted by Gasteiger charge is -2.42. The van der Waals surface area contributed by atoms with Gasteiger partial charge in [-0.1, -0.05) is 42.3 Å². The molecule has 1 saturated carbocycles. The Morgan fingerprint density at radius 2 is 2.03 bits per heavy atom. The van der Waals surface area contributed by atoms with E-state index in [4.69, 9.17) is 16.3 Å². The van der Waals surface area contributed by atoms with E-state index in [0.717, 1.165) is 50.6 Å². The quantitative estimate of drug-likeness (QED) is 0.477. The summed E-state index contributed by atoms with van der Waals surface area (Å²) in [6, 6.07) is 10.8. The Morgan fingerprint density at radius 3 is 2.76 bits per heavy atom. The third-order valence-electron chi connectivity index (χ3n) is 7.22. The molecule has 1 aliphatic carbocycles. The van der Waals surface area contributed by atoms with Gasteiger partial charge in [-0.15, -0.1) is 0 Å². The van der Waals surface area contributed by atoms with Gasteiger partial charge in [-0.25, -0.2) is 0 Å². The number of carbonyl (C=O) groups is 1. The number of aromatic hydroxyl groups is 2. The Morgan fingerprint density at radius 1 is 1.21 bits per heavy atom. The average Bonchev–Trinajstić information content (AvgIpc) is 3.27. The molecule has 178 valence electrons. The van der Waals surface area contributed by atoms with Crippen LogP contribution in [-0.4, -0.2) is 47.8 Å². The molecule has 2 aliphatic rings. The van der Waals surface area contributed by atoms with E-state index >= 15 is 0 Å². The fourth-order valence-corrected chi connectivity index (χ4v) is 5.29. The summed E-state index contributed by atoms with van der Waals surface area (Å²) in [6.45, 7) is 3.21. The number of nitrogens with zero attached hydrogens (tertiary/aromatic N) is 1. The summed E-state index contributed by atoms with van der Waals surface area (Å²) in [4.78, 5) is 15.0. The minimum absolute atomic E-state index is 0.0507. The fraction of sp³-hybridized carbons (Fsp3) is 0.500. The number of methoxy groups -OCH3 is 1. The van der Waals surface area contributed by atoms with Crippen molar-refractivity contribution >= 4 is 17.5 Å². The topological polar surface area (TPSA) is 82.0 Å². The summed E-state index contributed by atoms with van der Waals surface area (Å²) in [5.41, 5.74) is 2.78. The van der Waals surface area contributed by atoms with E-state index in [-0.39, 0.29) is 34.0 Å². The number of phenols is 2. The fourth-order valence-electron chi connectivity index (χ4n) is 5.13. The number of benzene rings is 2. The van der Waals surface area contributed by atoms with Gasteiger partial charge in [0.2, 0.25) is 0 Å². The summed E-state index contributed by atoms with van der Waals surface area (Å²) < 4.78 is 5.30. The molecule has 1 saturated heterocycles. The van der Waals surface area contributed by atoms with Crippen LogP contribution in [-0.2, 0) is 11.3 Å². The Kier molecular flexibility index (Phi) is 7.47. The Balaban J connectivity index is 1.43. The van der Waals surface area contributed by atoms with E-state index < -0.39 is 0 Å². The standard InChI is InChI=1S/C26H33ClN2O4/c1-33-12-10-26(8-4-9-26)17-28-16-18-5-2-6-19(13-18)22-7-3-11-29(22)25(32)20-14-21(27)24(31)15-23(20)30/h2,5-6,13-15,22,28,30-31H,3-4,7-12,16-17H2,1H3. The minimum Gasteiger partial charge on any atom is -0.507 e. The first-order chi connectivity index (χ1) is 15.9. The van der Waals surface area contributed by atoms with Crippen molar-refractivity contribution in [2.45, 2.75) is 51.1 Å². The molecule has 1 amide bonds. The molecule has 2 aromatic carbocycles. The molecule has 1 atom stereocenters. The SMILES string of the molecule is COCCC1(CNCc2cccc(C3CCCN3C(=O)c3cc(Cl)c(O)cc3O)c2)CCC1. The molecule has 7 heteroatoms. The van der Waals surface area contributed by atoms with Crippen molar-refractivity contribution in [3.63, 3.8) is 0 Å². The number of nitrogens with one attached hydrogen (secondary N) is 1. The van der Waals surface area contributed by atoms with Crippen molar-refractivity contribution in [1.82, 2.24) is 10.2 Å². The second kappa shape index (κ2) is 10.3. The smallest absolute Gasteiger partial charge is 0.258 e. The minimum atomic E-state index is -0.273. The normalized spacial score (nSPS) is 19.5. The van der Waals surface area contributed by atoms with Crippen molar-refractivity contribution in [2.75, 3.05) is 26.8 Å². The average molecular weight is 473 g/mol. The van der Waals surface area contributed by atoms with E-state index in [1.165, 1.54) is 30.9 Å². The van der Waals surface area contributed by atoms with Gasteiger partial charge in [-0.3, -0.25) is 4.79 Å². The molecule has 2 aromatic rings. The predicted octanol–water partition coefficient (Wildman–Crippen LogP) is 5.02. The van der Waals surface area contributed by atoms with Crippen molar-refractivity contribution in [2.24, 2.45) is 5.41 Å². The van der Waals surface area contributed by atoms with Gasteiger partial charge in [0.15, 0.2) is 0 Å². The highest BCUT2D eigenvalue weighted by Gasteiger charge is 2.36. The molecule has 2 fully saturated rings. The molecule has 33 heavy (non-hydrogen) atoms. The first kappa shape index (κ1) is 23.9. The summed E-state index contributed by atoms with van der Waals surface area (Å²) in [7, 11) is 1.76. The molecule has 0 aromatic heterocycles. The van der Waals surface area contributed by atoms with Gasteiger partial charge in [0, 0.05) is 39.4 Å². The van der Waals surface area contributed by atoms with Crippen molar-refractivity contribution < 1.29 is 19.7 Å². The molecule has 6 nitrogen and oxygen atoms in total. The molecule has 1 aliphatic heterocycles. The number of amides is 1. The molecule has 4 rings (SSSR count). The summed E-state index contributed by atoms with van der Waals surface area (Å²) in [5.74, 6) is -0.774. The van der Waals surface area contributed by atoms with Gasteiger partial charge in [0.1, 0.15) is 11.5 Å². The summed E-state index contributed by atoms with van der Waals surface area (Å²) >= 11 is 5.99. The van der Waals surface area contributed by atoms with Gasteiger partial charge in [0.25, 0.3) is 5.91 Å². The van der Waals surface area contributed by atoms with E-state index in [1.807, 2.05) is 6.07 Å². The zero-order valence-corrected chi connectivity index (χ0v) is 19.9. The molecule has 0 bridgehead atoms. The molecule has 1 heterocycles. The number of hydrogen-bond acceptors (Lipinski definition) is 5. The van der Waals surface area contributed by atoms with E-state index in [0.29, 0.717) is 12.0 Å². The van der Waals surface area contributed by atoms with Crippen LogP contribution in [0.15, 0.2) is 36.4 Å². The van der Waals surface area contributed by atoms with Crippen molar-refractivity contribution in [3.05, 3.63) is 58.1 Å². The van der Waals surface area contributed by atoms with Gasteiger partial charge in [0.05, 0.1) is 16.6 Å². The molecule has 3 N–H and O–H groups in total. The monoisotopic (exact) mass is 472 g/mol. The van der Waals surface area contributed by atoms with Gasteiger partial charge >= 0.3 is 0 Å². The zero-order chi connectivity index (χ0) is 23.4. The Bertz CT molecular complexity index is 992. The van der Waals surface area contributed by atoms with Crippen LogP contribution < -0.4 is 5.32 Å². The first-order valence-corrected chi connectivity index (χ1v) is 12.1. The molecule has 1 unspecified atom stereocenters. The molecule has 0 spiro atoms. The number of hydrogen-bond donors (Lipinski definition) is 3. The van der Waals surface area contributed by atoms with Crippen LogP contribution in [0.5, 0.6) is 11.5 Å². The lowest BCUT2D eigenvalue weighted by atomic mass is 9.67. The Hall–Kier alpha value is -2.28. The van der Waals surface area contributed by atoms with Crippen LogP contribution in [0.2, 0.25) is 5.02 Å². The predicted molar refractivity (Wildman–Crippen MR) is 129 cm³/mol. The Labute approximate surface area is 200 Å². The zero-order valence-electron chi connectivity index (χ0n) is 19.1. The number of rotatable bonds is 9. The van der Waals surface area contributed by atoms with E-state index in [2.05, 4.69) is 23.5 Å². The highest BCUT2D eigenvalue weighted by molar-refractivity contribution is 6.32. The largest absolute Gasteiger partial charge is 0.507 e. The number of phenolic OH excluding ortho intramolecular Hbond substituents is 2. The van der Waals surface area contributed by atoms with Crippen LogP contribution >= 0.6 is 11.6 Å². The number of halogens is 1. The highest BCUT2D eigenvalue weighted by Crippen LogP contribution is 2.43. The highest BCUT2D eigenvalue weighted by atomic mass is 35.5. The van der Waals surface area contributed by atoms with Crippen molar-refractivity contribution in [1.29, 1.82) is 0 Å². The van der Waals surface area contributed by atoms with Crippen molar-refractivity contribution in [3.8, 4) is 11.5 Å². The van der Waals surface area contributed by atoms with E-state index in [9.17, 15) is 15.0 Å². The van der Waals surface area contributed by atoms with Gasteiger partial charge in [-0.2, -0.15) is 0 Å². The molecular weight excluding hydrogens is 440 g/mol. The second-order valence-corrected chi connectivity index (χ2v) is 9.83. The number of carbonyl (C=O) groups excluding carboxylic acids is 1. The second-order valence-electron chi connectivity index (χ2n) is 9.42.